The zero-order valence-corrected chi connectivity index (χ0v) is 17.0. The molecule has 1 aliphatic rings. The van der Waals surface area contributed by atoms with Crippen molar-refractivity contribution in [2.75, 3.05) is 6.54 Å². The molecule has 2 aromatic rings. The van der Waals surface area contributed by atoms with Crippen LogP contribution in [0.4, 0.5) is 0 Å². The van der Waals surface area contributed by atoms with Gasteiger partial charge in [0.15, 0.2) is 0 Å². The van der Waals surface area contributed by atoms with Crippen LogP contribution >= 0.6 is 24.0 Å². The smallest absolute Gasteiger partial charge is 0.303 e. The summed E-state index contributed by atoms with van der Waals surface area (Å²) in [7, 11) is 0. The van der Waals surface area contributed by atoms with Crippen LogP contribution < -0.4 is 0 Å². The molecule has 0 atom stereocenters. The first kappa shape index (κ1) is 20.3. The van der Waals surface area contributed by atoms with Crippen molar-refractivity contribution in [2.24, 2.45) is 0 Å². The largest absolute Gasteiger partial charge is 0.481 e. The number of hydrogen-bond acceptors (Lipinski definition) is 4. The molecule has 1 N–H and O–H groups in total. The Morgan fingerprint density at radius 3 is 2.36 bits per heavy atom. The van der Waals surface area contributed by atoms with Gasteiger partial charge < -0.3 is 5.11 Å². The summed E-state index contributed by atoms with van der Waals surface area (Å²) < 4.78 is 0.565. The van der Waals surface area contributed by atoms with Crippen molar-refractivity contribution in [1.29, 1.82) is 0 Å². The Morgan fingerprint density at radius 2 is 1.68 bits per heavy atom. The summed E-state index contributed by atoms with van der Waals surface area (Å²) in [4.78, 5) is 25.4. The number of amides is 1. The molecule has 0 aliphatic carbocycles. The number of unbranched alkanes of at least 4 members (excludes halogenated alkanes) is 2. The normalized spacial score (nSPS) is 15.4. The number of benzene rings is 2. The van der Waals surface area contributed by atoms with E-state index in [9.17, 15) is 9.59 Å². The maximum absolute atomic E-state index is 12.6. The van der Waals surface area contributed by atoms with Crippen LogP contribution in [0.3, 0.4) is 0 Å². The second-order valence-electron chi connectivity index (χ2n) is 6.53. The molecule has 2 aromatic carbocycles. The van der Waals surface area contributed by atoms with Crippen LogP contribution in [-0.4, -0.2) is 32.7 Å². The minimum absolute atomic E-state index is 0.0691. The van der Waals surface area contributed by atoms with Crippen LogP contribution in [0.15, 0.2) is 59.5 Å². The van der Waals surface area contributed by atoms with Crippen molar-refractivity contribution in [1.82, 2.24) is 4.90 Å². The molecule has 0 saturated carbocycles. The van der Waals surface area contributed by atoms with Gasteiger partial charge in [-0.3, -0.25) is 14.5 Å². The molecule has 0 aromatic heterocycles. The first-order chi connectivity index (χ1) is 13.5. The van der Waals surface area contributed by atoms with Crippen molar-refractivity contribution in [3.8, 4) is 11.1 Å². The minimum atomic E-state index is -0.785. The fraction of sp³-hybridized carbons (Fsp3) is 0.227. The number of aliphatic carboxylic acids is 1. The van der Waals surface area contributed by atoms with E-state index in [1.807, 2.05) is 48.5 Å². The monoisotopic (exact) mass is 411 g/mol. The number of nitrogens with zero attached hydrogens (tertiary/aromatic N) is 1. The fourth-order valence-corrected chi connectivity index (χ4v) is 4.28. The Balaban J connectivity index is 1.60. The van der Waals surface area contributed by atoms with Crippen molar-refractivity contribution in [3.05, 3.63) is 65.1 Å². The summed E-state index contributed by atoms with van der Waals surface area (Å²) >= 11 is 6.67. The predicted octanol–water partition coefficient (Wildman–Crippen LogP) is 5.20. The number of thiocarbonyl (C=S) groups is 1. The molecule has 1 saturated heterocycles. The number of carbonyl (C=O) groups excluding carboxylic acids is 1. The maximum atomic E-state index is 12.6. The van der Waals surface area contributed by atoms with Gasteiger partial charge in [0.25, 0.3) is 5.91 Å². The fourth-order valence-electron chi connectivity index (χ4n) is 2.97. The summed E-state index contributed by atoms with van der Waals surface area (Å²) in [5.74, 6) is -0.854. The Bertz CT molecular complexity index is 892. The summed E-state index contributed by atoms with van der Waals surface area (Å²) in [5, 5.41) is 8.67. The van der Waals surface area contributed by atoms with Gasteiger partial charge in [-0.25, -0.2) is 0 Å². The number of carboxylic acids is 1. The zero-order chi connectivity index (χ0) is 19.9. The van der Waals surface area contributed by atoms with E-state index in [1.54, 1.807) is 4.90 Å². The zero-order valence-electron chi connectivity index (χ0n) is 15.3. The molecule has 3 rings (SSSR count). The standard InChI is InChI=1S/C22H21NO3S2/c24-20(25)9-5-2-6-14-23-21(26)19(28-22(23)27)15-16-10-12-18(13-11-16)17-7-3-1-4-8-17/h1,3-4,7-8,10-13,15H,2,5-6,9,14H2,(H,24,25). The van der Waals surface area contributed by atoms with Gasteiger partial charge >= 0.3 is 5.97 Å². The number of carboxylic acid groups (broad SMARTS) is 1. The van der Waals surface area contributed by atoms with E-state index in [1.165, 1.54) is 11.8 Å². The average molecular weight is 412 g/mol. The maximum Gasteiger partial charge on any atom is 0.303 e. The lowest BCUT2D eigenvalue weighted by atomic mass is 10.0. The molecule has 6 heteroatoms. The lowest BCUT2D eigenvalue weighted by molar-refractivity contribution is -0.137. The molecule has 1 heterocycles. The highest BCUT2D eigenvalue weighted by atomic mass is 32.2. The highest BCUT2D eigenvalue weighted by molar-refractivity contribution is 8.26. The summed E-state index contributed by atoms with van der Waals surface area (Å²) in [6.07, 6.45) is 4.17. The molecule has 0 spiro atoms. The van der Waals surface area contributed by atoms with Crippen molar-refractivity contribution < 1.29 is 14.7 Å². The van der Waals surface area contributed by atoms with E-state index in [0.717, 1.165) is 29.5 Å². The number of carbonyl (C=O) groups is 2. The lowest BCUT2D eigenvalue weighted by Crippen LogP contribution is -2.29. The van der Waals surface area contributed by atoms with E-state index in [2.05, 4.69) is 12.1 Å². The van der Waals surface area contributed by atoms with Gasteiger partial charge in [0.2, 0.25) is 0 Å². The van der Waals surface area contributed by atoms with Crippen LogP contribution in [0.1, 0.15) is 31.2 Å². The average Bonchev–Trinajstić information content (AvgIpc) is 2.96. The predicted molar refractivity (Wildman–Crippen MR) is 118 cm³/mol. The molecular formula is C22H21NO3S2. The molecule has 1 fully saturated rings. The second kappa shape index (κ2) is 9.66. The first-order valence-corrected chi connectivity index (χ1v) is 10.4. The van der Waals surface area contributed by atoms with E-state index >= 15 is 0 Å². The molecule has 0 radical (unpaired) electrons. The number of hydrogen-bond donors (Lipinski definition) is 1. The Hall–Kier alpha value is -2.44. The van der Waals surface area contributed by atoms with E-state index in [-0.39, 0.29) is 12.3 Å². The van der Waals surface area contributed by atoms with Crippen LogP contribution in [0.2, 0.25) is 0 Å². The van der Waals surface area contributed by atoms with Gasteiger partial charge in [-0.15, -0.1) is 0 Å². The highest BCUT2D eigenvalue weighted by Gasteiger charge is 2.31. The second-order valence-corrected chi connectivity index (χ2v) is 8.20. The van der Waals surface area contributed by atoms with Gasteiger partial charge in [-0.05, 0) is 35.6 Å². The van der Waals surface area contributed by atoms with Crippen LogP contribution in [0, 0.1) is 0 Å². The molecule has 0 unspecified atom stereocenters. The van der Waals surface area contributed by atoms with Gasteiger partial charge in [0.05, 0.1) is 4.91 Å². The number of thioether (sulfide) groups is 1. The van der Waals surface area contributed by atoms with Crippen molar-refractivity contribution >= 4 is 46.3 Å². The quantitative estimate of drug-likeness (QED) is 0.368. The SMILES string of the molecule is O=C(O)CCCCCN1C(=O)C(=Cc2ccc(-c3ccccc3)cc2)SC1=S. The van der Waals surface area contributed by atoms with Crippen molar-refractivity contribution in [2.45, 2.75) is 25.7 Å². The molecule has 0 bridgehead atoms. The molecule has 28 heavy (non-hydrogen) atoms. The van der Waals surface area contributed by atoms with Crippen molar-refractivity contribution in [3.63, 3.8) is 0 Å². The lowest BCUT2D eigenvalue weighted by Gasteiger charge is -2.13. The van der Waals surface area contributed by atoms with Gasteiger partial charge in [0, 0.05) is 13.0 Å². The van der Waals surface area contributed by atoms with Crippen LogP contribution in [0.5, 0.6) is 0 Å². The third-order valence-electron chi connectivity index (χ3n) is 4.46. The summed E-state index contributed by atoms with van der Waals surface area (Å²) in [6, 6.07) is 18.2. The Kier molecular flexibility index (Phi) is 7.01. The topological polar surface area (TPSA) is 57.6 Å². The summed E-state index contributed by atoms with van der Waals surface area (Å²) in [5.41, 5.74) is 3.25. The first-order valence-electron chi connectivity index (χ1n) is 9.17. The minimum Gasteiger partial charge on any atom is -0.481 e. The van der Waals surface area contributed by atoms with Gasteiger partial charge in [-0.1, -0.05) is 85.0 Å². The third-order valence-corrected chi connectivity index (χ3v) is 5.84. The highest BCUT2D eigenvalue weighted by Crippen LogP contribution is 2.33. The van der Waals surface area contributed by atoms with E-state index in [0.29, 0.717) is 22.2 Å². The molecule has 1 aliphatic heterocycles. The Morgan fingerprint density at radius 1 is 1.00 bits per heavy atom. The van der Waals surface area contributed by atoms with Gasteiger partial charge in [-0.2, -0.15) is 0 Å². The van der Waals surface area contributed by atoms with E-state index in [4.69, 9.17) is 17.3 Å². The third kappa shape index (κ3) is 5.30. The Labute approximate surface area is 174 Å². The van der Waals surface area contributed by atoms with E-state index < -0.39 is 5.97 Å². The molecule has 144 valence electrons. The van der Waals surface area contributed by atoms with Gasteiger partial charge in [0.1, 0.15) is 4.32 Å². The summed E-state index contributed by atoms with van der Waals surface area (Å²) in [6.45, 7) is 0.536. The molecule has 4 nitrogen and oxygen atoms in total. The molecule has 1 amide bonds. The van der Waals surface area contributed by atoms with Crippen LogP contribution in [-0.2, 0) is 9.59 Å². The molecular weight excluding hydrogens is 390 g/mol. The number of rotatable bonds is 8. The van der Waals surface area contributed by atoms with Crippen LogP contribution in [0.25, 0.3) is 17.2 Å².